The van der Waals surface area contributed by atoms with Gasteiger partial charge in [-0.25, -0.2) is 0 Å². The van der Waals surface area contributed by atoms with Gasteiger partial charge in [-0.05, 0) is 0 Å². The first-order valence-corrected chi connectivity index (χ1v) is 26.3. The van der Waals surface area contributed by atoms with E-state index in [1.165, 1.54) is 17.0 Å². The molecule has 0 aliphatic rings. The second kappa shape index (κ2) is 5.69. The van der Waals surface area contributed by atoms with Crippen LogP contribution in [0.4, 0.5) is 0 Å². The molecule has 8 heavy (non-hydrogen) atoms. The van der Waals surface area contributed by atoms with E-state index in [4.69, 9.17) is 0 Å². The van der Waals surface area contributed by atoms with Crippen molar-refractivity contribution in [2.45, 2.75) is 23.9 Å². The van der Waals surface area contributed by atoms with Crippen LogP contribution in [0.25, 0.3) is 0 Å². The average Bonchev–Trinajstić information content (AvgIpc) is 1.59. The Balaban J connectivity index is 3.11. The first-order valence-electron chi connectivity index (χ1n) is 2.63. The second-order valence-corrected chi connectivity index (χ2v) is 75.3. The summed E-state index contributed by atoms with van der Waals surface area (Å²) in [5.74, 6) is 0. The van der Waals surface area contributed by atoms with Gasteiger partial charge in [-0.3, -0.25) is 0 Å². The molecule has 0 unspecified atom stereocenters. The van der Waals surface area contributed by atoms with Gasteiger partial charge < -0.3 is 0 Å². The van der Waals surface area contributed by atoms with E-state index in [0.29, 0.717) is 0 Å². The monoisotopic (exact) mass is 528 g/mol. The summed E-state index contributed by atoms with van der Waals surface area (Å²) in [5, 5.41) is 0. The van der Waals surface area contributed by atoms with Crippen molar-refractivity contribution >= 4 is 54.1 Å². The first kappa shape index (κ1) is 11.1. The quantitative estimate of drug-likeness (QED) is 0.476. The van der Waals surface area contributed by atoms with Gasteiger partial charge in [0.15, 0.2) is 0 Å². The van der Waals surface area contributed by atoms with Crippen molar-refractivity contribution in [1.82, 2.24) is 0 Å². The van der Waals surface area contributed by atoms with Gasteiger partial charge in [-0.15, -0.1) is 0 Å². The maximum atomic E-state index is 2.68. The predicted octanol–water partition coefficient (Wildman–Crippen LogP) is 4.41. The van der Waals surface area contributed by atoms with E-state index in [0.717, 1.165) is 0 Å². The number of hydrogen-bond donors (Lipinski definition) is 0. The first-order chi connectivity index (χ1) is 3.56. The Labute approximate surface area is 83.4 Å². The Morgan fingerprint density at radius 1 is 1.25 bits per heavy atom. The van der Waals surface area contributed by atoms with E-state index in [9.17, 15) is 0 Å². The molecule has 0 aliphatic carbocycles. The van der Waals surface area contributed by atoms with E-state index >= 15 is 0 Å². The van der Waals surface area contributed by atoms with Crippen molar-refractivity contribution in [3.8, 4) is 0 Å². The minimum absolute atomic E-state index is 1.37. The molecule has 0 atom stereocenters. The van der Waals surface area contributed by atoms with E-state index < -0.39 is 7.70 Å². The molecule has 0 saturated heterocycles. The van der Waals surface area contributed by atoms with Crippen molar-refractivity contribution in [2.24, 2.45) is 0 Å². The van der Waals surface area contributed by atoms with Crippen LogP contribution in [0.3, 0.4) is 0 Å². The standard InChI is InChI=1S/C4H9.3HI.Zr/c1-3-4-2;;;;/h1,3-4H2,2H3;3*1H;/q;;;;+3/p-3. The van der Waals surface area contributed by atoms with Crippen LogP contribution >= 0.6 is 54.1 Å². The number of hydrogen-bond acceptors (Lipinski definition) is 0. The molecule has 0 heterocycles. The molecule has 0 aromatic carbocycles. The Bertz CT molecular complexity index is 58.8. The zero-order chi connectivity index (χ0) is 6.62. The molecule has 0 aromatic rings. The van der Waals surface area contributed by atoms with Crippen LogP contribution in [-0.4, -0.2) is 0 Å². The number of rotatable bonds is 3. The molecule has 0 amide bonds. The van der Waals surface area contributed by atoms with E-state index in [-0.39, 0.29) is 0 Å². The fourth-order valence-corrected chi connectivity index (χ4v) is 9.00. The van der Waals surface area contributed by atoms with Crippen molar-refractivity contribution in [3.05, 3.63) is 0 Å². The minimum atomic E-state index is -1.40. The zero-order valence-corrected chi connectivity index (χ0v) is 13.7. The van der Waals surface area contributed by atoms with Crippen LogP contribution in [0.5, 0.6) is 0 Å². The topological polar surface area (TPSA) is 0 Å². The molecule has 0 bridgehead atoms. The molecule has 0 aromatic heterocycles. The maximum absolute atomic E-state index is 2.68. The molecule has 0 saturated carbocycles. The Morgan fingerprint density at radius 2 is 1.75 bits per heavy atom. The molecule has 0 N–H and O–H groups in total. The summed E-state index contributed by atoms with van der Waals surface area (Å²) in [5.41, 5.74) is 0. The molecule has 0 rings (SSSR count). The van der Waals surface area contributed by atoms with Crippen LogP contribution in [0.2, 0.25) is 4.13 Å². The summed E-state index contributed by atoms with van der Waals surface area (Å²) >= 11 is 8.05. The molecular weight excluding hydrogens is 520 g/mol. The number of unbranched alkanes of at least 4 members (excludes halogenated alkanes) is 1. The second-order valence-electron chi connectivity index (χ2n) is 1.72. The van der Waals surface area contributed by atoms with E-state index in [1.807, 2.05) is 0 Å². The van der Waals surface area contributed by atoms with Crippen LogP contribution in [-0.2, 0) is 7.70 Å². The van der Waals surface area contributed by atoms with Crippen LogP contribution in [0.1, 0.15) is 19.8 Å². The molecule has 4 heteroatoms. The van der Waals surface area contributed by atoms with Gasteiger partial charge in [0.2, 0.25) is 0 Å². The van der Waals surface area contributed by atoms with Crippen molar-refractivity contribution in [3.63, 3.8) is 0 Å². The third-order valence-corrected chi connectivity index (χ3v) is 12.6. The summed E-state index contributed by atoms with van der Waals surface area (Å²) in [6.07, 6.45) is 2.82. The molecule has 0 nitrogen and oxygen atoms in total. The van der Waals surface area contributed by atoms with Gasteiger partial charge in [0.25, 0.3) is 0 Å². The molecule has 0 spiro atoms. The fourth-order valence-electron chi connectivity index (χ4n) is 0.377. The van der Waals surface area contributed by atoms with Gasteiger partial charge in [0.05, 0.1) is 0 Å². The average molecular weight is 529 g/mol. The summed E-state index contributed by atoms with van der Waals surface area (Å²) in [6.45, 7) is 2.27. The Morgan fingerprint density at radius 3 is 1.88 bits per heavy atom. The molecular formula is C4H9I3Zr. The van der Waals surface area contributed by atoms with Gasteiger partial charge in [-0.2, -0.15) is 0 Å². The predicted molar refractivity (Wildman–Crippen MR) is 61.8 cm³/mol. The van der Waals surface area contributed by atoms with E-state index in [1.54, 1.807) is 0 Å². The SMILES string of the molecule is CCC[CH2][Zr]([I])([I])[I]. The summed E-state index contributed by atoms with van der Waals surface area (Å²) in [7, 11) is -1.40. The Kier molecular flexibility index (Phi) is 7.87. The third kappa shape index (κ3) is 9.07. The number of halogens is 3. The van der Waals surface area contributed by atoms with Crippen molar-refractivity contribution in [2.75, 3.05) is 0 Å². The van der Waals surface area contributed by atoms with E-state index in [2.05, 4.69) is 61.1 Å². The van der Waals surface area contributed by atoms with Gasteiger partial charge in [0, 0.05) is 0 Å². The molecule has 50 valence electrons. The van der Waals surface area contributed by atoms with Gasteiger partial charge >= 0.3 is 85.7 Å². The van der Waals surface area contributed by atoms with Crippen LogP contribution in [0.15, 0.2) is 0 Å². The van der Waals surface area contributed by atoms with Gasteiger partial charge in [-0.1, -0.05) is 0 Å². The molecule has 0 fully saturated rings. The van der Waals surface area contributed by atoms with Crippen molar-refractivity contribution in [1.29, 1.82) is 0 Å². The Hall–Kier alpha value is 3.07. The van der Waals surface area contributed by atoms with Crippen LogP contribution < -0.4 is 0 Å². The fraction of sp³-hybridized carbons (Fsp3) is 1.00. The molecule has 0 radical (unpaired) electrons. The molecule has 0 aliphatic heterocycles. The third-order valence-electron chi connectivity index (χ3n) is 0.814. The summed E-state index contributed by atoms with van der Waals surface area (Å²) in [6, 6.07) is 0. The van der Waals surface area contributed by atoms with Crippen LogP contribution in [0, 0.1) is 0 Å². The van der Waals surface area contributed by atoms with Crippen molar-refractivity contribution < 1.29 is 7.70 Å². The summed E-state index contributed by atoms with van der Waals surface area (Å²) in [4.78, 5) is 0. The summed E-state index contributed by atoms with van der Waals surface area (Å²) < 4.78 is 1.53. The van der Waals surface area contributed by atoms with Gasteiger partial charge in [0.1, 0.15) is 0 Å². The normalized spacial score (nSPS) is 12.0. The zero-order valence-electron chi connectivity index (χ0n) is 4.76.